The molecule has 0 spiro atoms. The van der Waals surface area contributed by atoms with Crippen molar-refractivity contribution in [2.75, 3.05) is 0 Å². The Morgan fingerprint density at radius 3 is 1.67 bits per heavy atom. The van der Waals surface area contributed by atoms with E-state index in [2.05, 4.69) is 90.1 Å². The largest absolute Gasteiger partial charge is 0.418 e. The zero-order chi connectivity index (χ0) is 43.6. The van der Waals surface area contributed by atoms with Gasteiger partial charge in [-0.3, -0.25) is 4.57 Å². The van der Waals surface area contributed by atoms with E-state index in [0.29, 0.717) is 22.8 Å². The van der Waals surface area contributed by atoms with E-state index in [9.17, 15) is 0 Å². The second kappa shape index (κ2) is 13.8. The van der Waals surface area contributed by atoms with Crippen LogP contribution in [-0.4, -0.2) is 24.1 Å². The van der Waals surface area contributed by atoms with Gasteiger partial charge in [-0.15, -0.1) is 11.3 Å². The molecule has 0 saturated heterocycles. The summed E-state index contributed by atoms with van der Waals surface area (Å²) in [6.07, 6.45) is -4.72. The van der Waals surface area contributed by atoms with Gasteiger partial charge < -0.3 is 4.57 Å². The number of halogens is 3. The summed E-state index contributed by atoms with van der Waals surface area (Å²) in [6, 6.07) is 46.9. The van der Waals surface area contributed by atoms with Gasteiger partial charge in [0.1, 0.15) is 0 Å². The number of aromatic nitrogens is 5. The van der Waals surface area contributed by atoms with Crippen molar-refractivity contribution in [3.8, 4) is 34.4 Å². The molecule has 0 amide bonds. The molecule has 63 heavy (non-hydrogen) atoms. The lowest BCUT2D eigenvalue weighted by Crippen LogP contribution is -2.12. The fraction of sp³-hybridized carbons (Fsp3) is 0.167. The first kappa shape index (κ1) is 39.0. The maximum atomic E-state index is 15.7. The second-order valence-electron chi connectivity index (χ2n) is 18.5. The molecule has 0 aliphatic heterocycles. The number of hydrogen-bond acceptors (Lipinski definition) is 4. The molecule has 11 rings (SSSR count). The number of fused-ring (bicyclic) bond motifs is 10. The first-order valence-electron chi connectivity index (χ1n) is 21.1. The van der Waals surface area contributed by atoms with E-state index < -0.39 is 11.7 Å². The standard InChI is InChI=1S/C54H42F3N5S/c1-52(2,3)33-21-24-41-37(29-33)38-30-34(53(4,5)6)22-25-42(38)62(41)51-59-49(31-14-8-7-9-15-31)58-50(60-51)32-20-23-43(39(28-32)54(55,56)57)61-40-18-12-10-16-35(40)47-44(61)26-27-46-48(47)36-17-11-13-19-45(36)63-46/h7-30H,1-6H3. The lowest BCUT2D eigenvalue weighted by Gasteiger charge is -2.19. The zero-order valence-corrected chi connectivity index (χ0v) is 36.5. The molecule has 310 valence electrons. The van der Waals surface area contributed by atoms with Crippen molar-refractivity contribution in [3.63, 3.8) is 0 Å². The molecule has 0 unspecified atom stereocenters. The summed E-state index contributed by atoms with van der Waals surface area (Å²) < 4.78 is 53.1. The molecule has 7 aromatic carbocycles. The molecule has 5 nitrogen and oxygen atoms in total. The Morgan fingerprint density at radius 1 is 0.444 bits per heavy atom. The first-order chi connectivity index (χ1) is 30.1. The van der Waals surface area contributed by atoms with Crippen LogP contribution >= 0.6 is 11.3 Å². The molecule has 0 bridgehead atoms. The van der Waals surface area contributed by atoms with Crippen LogP contribution in [0.3, 0.4) is 0 Å². The SMILES string of the molecule is CC(C)(C)c1ccc2c(c1)c1cc(C(C)(C)C)ccc1n2-c1nc(-c2ccccc2)nc(-c2ccc(-n3c4ccccc4c4c5c(ccc43)sc3ccccc35)c(C(F)(F)F)c2)n1. The number of benzene rings is 7. The van der Waals surface area contributed by atoms with Crippen LogP contribution in [0.5, 0.6) is 0 Å². The minimum atomic E-state index is -4.72. The Labute approximate surface area is 366 Å². The Kier molecular flexibility index (Phi) is 8.57. The van der Waals surface area contributed by atoms with Crippen LogP contribution in [0.4, 0.5) is 13.2 Å². The quantitative estimate of drug-likeness (QED) is 0.177. The van der Waals surface area contributed by atoms with Crippen LogP contribution < -0.4 is 0 Å². The van der Waals surface area contributed by atoms with E-state index >= 15 is 13.2 Å². The molecule has 11 aromatic rings. The lowest BCUT2D eigenvalue weighted by atomic mass is 9.85. The van der Waals surface area contributed by atoms with Gasteiger partial charge in [0.2, 0.25) is 5.95 Å². The van der Waals surface area contributed by atoms with Gasteiger partial charge in [-0.1, -0.05) is 120 Å². The highest BCUT2D eigenvalue weighted by Crippen LogP contribution is 2.46. The first-order valence-corrected chi connectivity index (χ1v) is 21.9. The Balaban J connectivity index is 1.16. The number of para-hydroxylation sites is 1. The van der Waals surface area contributed by atoms with Crippen molar-refractivity contribution >= 4 is 75.1 Å². The van der Waals surface area contributed by atoms with Crippen molar-refractivity contribution in [1.29, 1.82) is 0 Å². The second-order valence-corrected chi connectivity index (χ2v) is 19.5. The van der Waals surface area contributed by atoms with Gasteiger partial charge in [-0.05, 0) is 88.7 Å². The Hall–Kier alpha value is -6.84. The van der Waals surface area contributed by atoms with Crippen molar-refractivity contribution in [2.45, 2.75) is 58.5 Å². The topological polar surface area (TPSA) is 48.5 Å². The van der Waals surface area contributed by atoms with Crippen molar-refractivity contribution < 1.29 is 13.2 Å². The zero-order valence-electron chi connectivity index (χ0n) is 35.6. The molecule has 0 aliphatic rings. The molecular formula is C54H42F3N5S. The van der Waals surface area contributed by atoms with E-state index in [0.717, 1.165) is 58.3 Å². The van der Waals surface area contributed by atoms with E-state index in [1.54, 1.807) is 28.0 Å². The van der Waals surface area contributed by atoms with E-state index in [-0.39, 0.29) is 27.9 Å². The van der Waals surface area contributed by atoms with Crippen LogP contribution in [-0.2, 0) is 17.0 Å². The normalized spacial score (nSPS) is 12.8. The lowest BCUT2D eigenvalue weighted by molar-refractivity contribution is -0.137. The van der Waals surface area contributed by atoms with Crippen LogP contribution in [0.25, 0.3) is 98.2 Å². The molecule has 0 atom stereocenters. The van der Waals surface area contributed by atoms with Gasteiger partial charge in [0, 0.05) is 52.8 Å². The Bertz CT molecular complexity index is 3570. The molecule has 0 fully saturated rings. The summed E-state index contributed by atoms with van der Waals surface area (Å²) in [4.78, 5) is 15.0. The van der Waals surface area contributed by atoms with Crippen LogP contribution in [0.1, 0.15) is 58.2 Å². The maximum absolute atomic E-state index is 15.7. The number of thiophene rings is 1. The van der Waals surface area contributed by atoms with E-state index in [1.807, 2.05) is 83.4 Å². The van der Waals surface area contributed by atoms with Crippen molar-refractivity contribution in [2.24, 2.45) is 0 Å². The number of hydrogen-bond donors (Lipinski definition) is 0. The van der Waals surface area contributed by atoms with Gasteiger partial charge in [-0.25, -0.2) is 4.98 Å². The summed E-state index contributed by atoms with van der Waals surface area (Å²) in [7, 11) is 0. The molecule has 0 saturated carbocycles. The highest BCUT2D eigenvalue weighted by Gasteiger charge is 2.36. The van der Waals surface area contributed by atoms with Crippen molar-refractivity contribution in [3.05, 3.63) is 162 Å². The minimum absolute atomic E-state index is 0.0283. The fourth-order valence-electron chi connectivity index (χ4n) is 9.11. The monoisotopic (exact) mass is 849 g/mol. The highest BCUT2D eigenvalue weighted by atomic mass is 32.1. The average Bonchev–Trinajstić information content (AvgIpc) is 3.92. The van der Waals surface area contributed by atoms with Crippen molar-refractivity contribution in [1.82, 2.24) is 24.1 Å². The minimum Gasteiger partial charge on any atom is -0.309 e. The molecule has 0 radical (unpaired) electrons. The third-order valence-electron chi connectivity index (χ3n) is 12.3. The maximum Gasteiger partial charge on any atom is 0.418 e. The molecule has 0 aliphatic carbocycles. The third-order valence-corrected chi connectivity index (χ3v) is 13.5. The summed E-state index contributed by atoms with van der Waals surface area (Å²) in [5.41, 5.74) is 5.55. The van der Waals surface area contributed by atoms with Gasteiger partial charge in [0.15, 0.2) is 11.6 Å². The van der Waals surface area contributed by atoms with Crippen LogP contribution in [0, 0.1) is 0 Å². The summed E-state index contributed by atoms with van der Waals surface area (Å²) in [5, 5.41) is 6.06. The summed E-state index contributed by atoms with van der Waals surface area (Å²) >= 11 is 1.69. The summed E-state index contributed by atoms with van der Waals surface area (Å²) in [5.74, 6) is 0.811. The molecule has 4 heterocycles. The third kappa shape index (κ3) is 6.31. The molecule has 9 heteroatoms. The van der Waals surface area contributed by atoms with Gasteiger partial charge >= 0.3 is 6.18 Å². The molecule has 4 aromatic heterocycles. The highest BCUT2D eigenvalue weighted by molar-refractivity contribution is 7.26. The number of alkyl halides is 3. The van der Waals surface area contributed by atoms with Gasteiger partial charge in [0.05, 0.1) is 33.3 Å². The van der Waals surface area contributed by atoms with Crippen LogP contribution in [0.2, 0.25) is 0 Å². The predicted molar refractivity (Wildman–Crippen MR) is 255 cm³/mol. The molecular weight excluding hydrogens is 808 g/mol. The fourth-order valence-corrected chi connectivity index (χ4v) is 10.2. The van der Waals surface area contributed by atoms with Crippen LogP contribution in [0.15, 0.2) is 146 Å². The smallest absolute Gasteiger partial charge is 0.309 e. The van der Waals surface area contributed by atoms with E-state index in [4.69, 9.17) is 15.0 Å². The number of rotatable bonds is 4. The number of nitrogens with zero attached hydrogens (tertiary/aromatic N) is 5. The van der Waals surface area contributed by atoms with E-state index in [1.165, 1.54) is 17.2 Å². The average molecular weight is 850 g/mol. The molecule has 0 N–H and O–H groups in total. The summed E-state index contributed by atoms with van der Waals surface area (Å²) in [6.45, 7) is 13.2. The van der Waals surface area contributed by atoms with Gasteiger partial charge in [-0.2, -0.15) is 23.1 Å². The predicted octanol–water partition coefficient (Wildman–Crippen LogP) is 15.4. The Morgan fingerprint density at radius 2 is 1.02 bits per heavy atom. The van der Waals surface area contributed by atoms with Gasteiger partial charge in [0.25, 0.3) is 0 Å².